The van der Waals surface area contributed by atoms with Crippen LogP contribution in [0.25, 0.3) is 0 Å². The monoisotopic (exact) mass is 354 g/mol. The summed E-state index contributed by atoms with van der Waals surface area (Å²) in [5, 5.41) is -0.0848. The predicted octanol–water partition coefficient (Wildman–Crippen LogP) is 2.27. The Morgan fingerprint density at radius 1 is 1.25 bits per heavy atom. The van der Waals surface area contributed by atoms with Gasteiger partial charge in [0.25, 0.3) is 0 Å². The number of methoxy groups -OCH3 is 1. The average Bonchev–Trinajstić information content (AvgIpc) is 2.50. The van der Waals surface area contributed by atoms with Gasteiger partial charge in [-0.05, 0) is 32.9 Å². The molecule has 1 unspecified atom stereocenters. The second kappa shape index (κ2) is 8.84. The fraction of sp³-hybridized carbons (Fsp3) is 0.588. The van der Waals surface area contributed by atoms with Gasteiger partial charge in [0.2, 0.25) is 0 Å². The fourth-order valence-electron chi connectivity index (χ4n) is 1.73. The van der Waals surface area contributed by atoms with Crippen LogP contribution in [0.5, 0.6) is 5.75 Å². The highest BCUT2D eigenvalue weighted by molar-refractivity contribution is 7.19. The van der Waals surface area contributed by atoms with E-state index in [0.717, 1.165) is 5.46 Å². The summed E-state index contributed by atoms with van der Waals surface area (Å²) < 4.78 is 21.5. The SMILES string of the molecule is CCOC(=O)c1cc(BOC(C)(C)C(C)(C)P)ccc1OCOC. The Morgan fingerprint density at radius 2 is 1.92 bits per heavy atom. The normalized spacial score (nSPS) is 12.0. The Kier molecular flexibility index (Phi) is 7.72. The molecule has 1 aromatic carbocycles. The smallest absolute Gasteiger partial charge is 0.341 e. The van der Waals surface area contributed by atoms with Gasteiger partial charge in [0.1, 0.15) is 11.3 Å². The van der Waals surface area contributed by atoms with Crippen LogP contribution in [0, 0.1) is 0 Å². The topological polar surface area (TPSA) is 54.0 Å². The zero-order valence-corrected chi connectivity index (χ0v) is 16.6. The zero-order valence-electron chi connectivity index (χ0n) is 15.5. The van der Waals surface area contributed by atoms with Crippen molar-refractivity contribution < 1.29 is 23.7 Å². The number of benzene rings is 1. The Morgan fingerprint density at radius 3 is 2.46 bits per heavy atom. The third-order valence-electron chi connectivity index (χ3n) is 4.02. The summed E-state index contributed by atoms with van der Waals surface area (Å²) in [6, 6.07) is 5.36. The molecular formula is C17H28BO5P. The van der Waals surface area contributed by atoms with Crippen molar-refractivity contribution in [2.75, 3.05) is 20.5 Å². The van der Waals surface area contributed by atoms with Gasteiger partial charge in [-0.3, -0.25) is 0 Å². The molecule has 0 N–H and O–H groups in total. The van der Waals surface area contributed by atoms with Gasteiger partial charge in [-0.1, -0.05) is 25.4 Å². The van der Waals surface area contributed by atoms with Crippen LogP contribution in [0.4, 0.5) is 0 Å². The predicted molar refractivity (Wildman–Crippen MR) is 101 cm³/mol. The third-order valence-corrected chi connectivity index (χ3v) is 4.72. The van der Waals surface area contributed by atoms with Crippen LogP contribution < -0.4 is 10.2 Å². The molecule has 0 saturated heterocycles. The van der Waals surface area contributed by atoms with Gasteiger partial charge in [0.05, 0.1) is 12.2 Å². The molecule has 5 nitrogen and oxygen atoms in total. The van der Waals surface area contributed by atoms with Gasteiger partial charge >= 0.3 is 13.5 Å². The summed E-state index contributed by atoms with van der Waals surface area (Å²) in [7, 11) is 4.72. The van der Waals surface area contributed by atoms with E-state index in [1.165, 1.54) is 7.11 Å². The number of rotatable bonds is 9. The Bertz CT molecular complexity index is 554. The number of carbonyl (C=O) groups excluding carboxylic acids is 1. The number of carbonyl (C=O) groups is 1. The van der Waals surface area contributed by atoms with E-state index in [9.17, 15) is 4.79 Å². The first-order valence-corrected chi connectivity index (χ1v) is 8.54. The van der Waals surface area contributed by atoms with Gasteiger partial charge < -0.3 is 18.9 Å². The van der Waals surface area contributed by atoms with Crippen LogP contribution in [0.3, 0.4) is 0 Å². The lowest BCUT2D eigenvalue weighted by Gasteiger charge is -2.39. The Hall–Kier alpha value is -1.10. The molecule has 0 aliphatic heterocycles. The molecular weight excluding hydrogens is 326 g/mol. The largest absolute Gasteiger partial charge is 0.467 e. The van der Waals surface area contributed by atoms with E-state index in [1.807, 2.05) is 19.9 Å². The van der Waals surface area contributed by atoms with Crippen LogP contribution in [-0.4, -0.2) is 44.7 Å². The fourth-order valence-corrected chi connectivity index (χ4v) is 1.82. The average molecular weight is 354 g/mol. The molecule has 0 bridgehead atoms. The molecule has 0 radical (unpaired) electrons. The highest BCUT2D eigenvalue weighted by Crippen LogP contribution is 2.33. The molecule has 0 amide bonds. The standard InChI is InChI=1S/C17H28BO5P/c1-7-21-15(19)13-10-12(8-9-14(13)22-11-20-6)18-23-16(2,3)17(4,5)24/h8-10,18H,7,11,24H2,1-6H3. The maximum atomic E-state index is 12.2. The molecule has 0 fully saturated rings. The summed E-state index contributed by atoms with van der Waals surface area (Å²) in [5.74, 6) is 0.0146. The van der Waals surface area contributed by atoms with Crippen LogP contribution >= 0.6 is 9.24 Å². The van der Waals surface area contributed by atoms with E-state index in [2.05, 4.69) is 23.1 Å². The maximum Gasteiger partial charge on any atom is 0.341 e. The molecule has 1 aromatic rings. The number of ether oxygens (including phenoxy) is 3. The van der Waals surface area contributed by atoms with Crippen LogP contribution in [0.1, 0.15) is 45.0 Å². The van der Waals surface area contributed by atoms with Crippen molar-refractivity contribution >= 4 is 28.2 Å². The first-order valence-electron chi connectivity index (χ1n) is 7.97. The second-order valence-corrected chi connectivity index (χ2v) is 8.07. The lowest BCUT2D eigenvalue weighted by molar-refractivity contribution is 0.0438. The van der Waals surface area contributed by atoms with Gasteiger partial charge in [-0.15, -0.1) is 9.24 Å². The minimum Gasteiger partial charge on any atom is -0.467 e. The molecule has 7 heteroatoms. The lowest BCUT2D eigenvalue weighted by atomic mass is 9.83. The van der Waals surface area contributed by atoms with Crippen molar-refractivity contribution in [3.05, 3.63) is 23.8 Å². The second-order valence-electron chi connectivity index (χ2n) is 6.62. The van der Waals surface area contributed by atoms with Crippen LogP contribution in [0.2, 0.25) is 0 Å². The van der Waals surface area contributed by atoms with Crippen LogP contribution in [-0.2, 0) is 14.1 Å². The minimum absolute atomic E-state index is 0.0660. The number of hydrogen-bond acceptors (Lipinski definition) is 5. The molecule has 1 atom stereocenters. The Labute approximate surface area is 147 Å². The van der Waals surface area contributed by atoms with Gasteiger partial charge in [-0.25, -0.2) is 4.79 Å². The van der Waals surface area contributed by atoms with E-state index < -0.39 is 5.97 Å². The lowest BCUT2D eigenvalue weighted by Crippen LogP contribution is -2.45. The third kappa shape index (κ3) is 5.76. The Balaban J connectivity index is 2.97. The first kappa shape index (κ1) is 20.9. The summed E-state index contributed by atoms with van der Waals surface area (Å²) in [6.07, 6.45) is 0. The van der Waals surface area contributed by atoms with Gasteiger partial charge in [0, 0.05) is 12.3 Å². The van der Waals surface area contributed by atoms with Crippen LogP contribution in [0.15, 0.2) is 18.2 Å². The minimum atomic E-state index is -0.420. The molecule has 134 valence electrons. The van der Waals surface area contributed by atoms with E-state index in [4.69, 9.17) is 18.9 Å². The molecule has 0 spiro atoms. The van der Waals surface area contributed by atoms with E-state index in [0.29, 0.717) is 25.4 Å². The van der Waals surface area contributed by atoms with Crippen molar-refractivity contribution in [2.45, 2.75) is 45.4 Å². The molecule has 1 rings (SSSR count). The molecule has 24 heavy (non-hydrogen) atoms. The van der Waals surface area contributed by atoms with E-state index >= 15 is 0 Å². The first-order chi connectivity index (χ1) is 11.1. The van der Waals surface area contributed by atoms with Crippen molar-refractivity contribution in [3.63, 3.8) is 0 Å². The number of esters is 1. The molecule has 0 aliphatic rings. The van der Waals surface area contributed by atoms with Crippen molar-refractivity contribution in [2.24, 2.45) is 0 Å². The van der Waals surface area contributed by atoms with E-state index in [-0.39, 0.29) is 17.6 Å². The maximum absolute atomic E-state index is 12.2. The zero-order chi connectivity index (χ0) is 18.4. The molecule has 0 heterocycles. The van der Waals surface area contributed by atoms with Crippen molar-refractivity contribution in [1.82, 2.24) is 0 Å². The summed E-state index contributed by atoms with van der Waals surface area (Å²) in [5.41, 5.74) is 0.913. The summed E-state index contributed by atoms with van der Waals surface area (Å²) in [6.45, 7) is 10.4. The molecule has 0 aliphatic carbocycles. The number of hydrogen-bond donors (Lipinski definition) is 0. The van der Waals surface area contributed by atoms with E-state index in [1.54, 1.807) is 19.1 Å². The van der Waals surface area contributed by atoms with Crippen molar-refractivity contribution in [1.29, 1.82) is 0 Å². The highest BCUT2D eigenvalue weighted by Gasteiger charge is 2.33. The summed E-state index contributed by atoms with van der Waals surface area (Å²) >= 11 is 0. The summed E-state index contributed by atoms with van der Waals surface area (Å²) in [4.78, 5) is 12.2. The molecule has 0 saturated carbocycles. The van der Waals surface area contributed by atoms with Gasteiger partial charge in [-0.2, -0.15) is 0 Å². The van der Waals surface area contributed by atoms with Crippen molar-refractivity contribution in [3.8, 4) is 5.75 Å². The molecule has 0 aromatic heterocycles. The quantitative estimate of drug-likeness (QED) is 0.295. The highest BCUT2D eigenvalue weighted by atomic mass is 31.0. The van der Waals surface area contributed by atoms with Gasteiger partial charge in [0.15, 0.2) is 6.79 Å².